The van der Waals surface area contributed by atoms with Crippen LogP contribution in [0.3, 0.4) is 0 Å². The molecule has 106 valence electrons. The number of likely N-dealkylation sites (tertiary alicyclic amines) is 1. The molecule has 1 aromatic rings. The number of aromatic nitrogens is 2. The zero-order chi connectivity index (χ0) is 13.4. The zero-order valence-corrected chi connectivity index (χ0v) is 13.6. The molecule has 0 spiro atoms. The Morgan fingerprint density at radius 1 is 1.21 bits per heavy atom. The Balaban J connectivity index is 1.77. The van der Waals surface area contributed by atoms with Gasteiger partial charge in [-0.2, -0.15) is 5.10 Å². The van der Waals surface area contributed by atoms with E-state index >= 15 is 0 Å². The lowest BCUT2D eigenvalue weighted by Crippen LogP contribution is -2.46. The van der Waals surface area contributed by atoms with E-state index < -0.39 is 0 Å². The van der Waals surface area contributed by atoms with Crippen molar-refractivity contribution in [2.45, 2.75) is 58.0 Å². The predicted molar refractivity (Wildman–Crippen MR) is 81.0 cm³/mol. The SMILES string of the molecule is Cc1nn(C)c(CN2CCC[C@H]3CCCC[C@H]32)c1Br. The van der Waals surface area contributed by atoms with Crippen molar-refractivity contribution >= 4 is 15.9 Å². The van der Waals surface area contributed by atoms with Crippen LogP contribution in [0, 0.1) is 12.8 Å². The highest BCUT2D eigenvalue weighted by atomic mass is 79.9. The highest BCUT2D eigenvalue weighted by Gasteiger charge is 2.33. The van der Waals surface area contributed by atoms with E-state index in [1.165, 1.54) is 55.2 Å². The van der Waals surface area contributed by atoms with E-state index in [2.05, 4.69) is 39.9 Å². The van der Waals surface area contributed by atoms with Gasteiger partial charge in [0.05, 0.1) is 15.9 Å². The van der Waals surface area contributed by atoms with Crippen LogP contribution in [0.2, 0.25) is 0 Å². The molecule has 2 heterocycles. The average molecular weight is 326 g/mol. The Kier molecular flexibility index (Phi) is 3.99. The second-order valence-electron chi connectivity index (χ2n) is 6.19. The smallest absolute Gasteiger partial charge is 0.0739 e. The van der Waals surface area contributed by atoms with Crippen molar-refractivity contribution < 1.29 is 0 Å². The van der Waals surface area contributed by atoms with E-state index in [0.717, 1.165) is 24.2 Å². The third-order valence-corrected chi connectivity index (χ3v) is 6.00. The van der Waals surface area contributed by atoms with Crippen LogP contribution in [-0.2, 0) is 13.6 Å². The molecule has 1 aliphatic carbocycles. The largest absolute Gasteiger partial charge is 0.294 e. The van der Waals surface area contributed by atoms with Crippen LogP contribution >= 0.6 is 15.9 Å². The fourth-order valence-electron chi connectivity index (χ4n) is 3.97. The molecule has 4 heteroatoms. The van der Waals surface area contributed by atoms with E-state index in [9.17, 15) is 0 Å². The molecule has 3 rings (SSSR count). The van der Waals surface area contributed by atoms with Gasteiger partial charge in [0.15, 0.2) is 0 Å². The van der Waals surface area contributed by atoms with Crippen molar-refractivity contribution in [1.29, 1.82) is 0 Å². The minimum Gasteiger partial charge on any atom is -0.294 e. The van der Waals surface area contributed by atoms with Gasteiger partial charge in [-0.05, 0) is 61.0 Å². The molecule has 0 bridgehead atoms. The minimum absolute atomic E-state index is 0.824. The average Bonchev–Trinajstić information content (AvgIpc) is 2.66. The maximum Gasteiger partial charge on any atom is 0.0739 e. The van der Waals surface area contributed by atoms with Gasteiger partial charge in [0.2, 0.25) is 0 Å². The number of aryl methyl sites for hydroxylation is 2. The molecule has 1 aliphatic heterocycles. The lowest BCUT2D eigenvalue weighted by Gasteiger charge is -2.44. The maximum absolute atomic E-state index is 4.52. The summed E-state index contributed by atoms with van der Waals surface area (Å²) in [5.41, 5.74) is 2.44. The van der Waals surface area contributed by atoms with Crippen LogP contribution in [0.15, 0.2) is 4.47 Å². The molecule has 1 saturated heterocycles. The fourth-order valence-corrected chi connectivity index (χ4v) is 4.43. The summed E-state index contributed by atoms with van der Waals surface area (Å²) in [4.78, 5) is 2.72. The molecule has 1 saturated carbocycles. The van der Waals surface area contributed by atoms with Crippen LogP contribution in [0.25, 0.3) is 0 Å². The van der Waals surface area contributed by atoms with Gasteiger partial charge in [-0.1, -0.05) is 12.8 Å². The molecule has 1 aromatic heterocycles. The summed E-state index contributed by atoms with van der Waals surface area (Å²) < 4.78 is 3.25. The summed E-state index contributed by atoms with van der Waals surface area (Å²) in [5, 5.41) is 4.52. The molecule has 3 nitrogen and oxygen atoms in total. The number of rotatable bonds is 2. The van der Waals surface area contributed by atoms with Crippen LogP contribution in [-0.4, -0.2) is 27.3 Å². The van der Waals surface area contributed by atoms with Gasteiger partial charge in [-0.25, -0.2) is 0 Å². The Labute approximate surface area is 124 Å². The first-order chi connectivity index (χ1) is 9.16. The van der Waals surface area contributed by atoms with E-state index in [0.29, 0.717) is 0 Å². The Morgan fingerprint density at radius 3 is 2.68 bits per heavy atom. The van der Waals surface area contributed by atoms with Gasteiger partial charge in [0, 0.05) is 19.6 Å². The van der Waals surface area contributed by atoms with Crippen molar-refractivity contribution in [3.05, 3.63) is 15.9 Å². The normalized spacial score (nSPS) is 28.4. The molecule has 2 fully saturated rings. The molecule has 2 aliphatic rings. The summed E-state index contributed by atoms with van der Waals surface area (Å²) in [6, 6.07) is 0.824. The third-order valence-electron chi connectivity index (χ3n) is 4.97. The lowest BCUT2D eigenvalue weighted by atomic mass is 9.78. The quantitative estimate of drug-likeness (QED) is 0.827. The monoisotopic (exact) mass is 325 g/mol. The van der Waals surface area contributed by atoms with Crippen molar-refractivity contribution in [3.63, 3.8) is 0 Å². The summed E-state index contributed by atoms with van der Waals surface area (Å²) in [7, 11) is 2.06. The number of hydrogen-bond donors (Lipinski definition) is 0. The Morgan fingerprint density at radius 2 is 1.95 bits per heavy atom. The number of nitrogens with zero attached hydrogens (tertiary/aromatic N) is 3. The van der Waals surface area contributed by atoms with E-state index in [1.807, 2.05) is 4.68 Å². The van der Waals surface area contributed by atoms with Gasteiger partial charge in [-0.3, -0.25) is 9.58 Å². The molecule has 0 unspecified atom stereocenters. The van der Waals surface area contributed by atoms with E-state index in [-0.39, 0.29) is 0 Å². The Hall–Kier alpha value is -0.350. The highest BCUT2D eigenvalue weighted by molar-refractivity contribution is 9.10. The lowest BCUT2D eigenvalue weighted by molar-refractivity contribution is 0.0527. The van der Waals surface area contributed by atoms with Crippen LogP contribution in [0.4, 0.5) is 0 Å². The van der Waals surface area contributed by atoms with Crippen molar-refractivity contribution in [2.75, 3.05) is 6.54 Å². The second-order valence-corrected chi connectivity index (χ2v) is 6.99. The van der Waals surface area contributed by atoms with Gasteiger partial charge in [-0.15, -0.1) is 0 Å². The molecule has 2 atom stereocenters. The van der Waals surface area contributed by atoms with Crippen LogP contribution in [0.5, 0.6) is 0 Å². The first-order valence-corrected chi connectivity index (χ1v) is 8.38. The number of fused-ring (bicyclic) bond motifs is 1. The maximum atomic E-state index is 4.52. The molecular weight excluding hydrogens is 302 g/mol. The summed E-state index contributed by atoms with van der Waals surface area (Å²) in [6.45, 7) is 4.39. The van der Waals surface area contributed by atoms with Crippen LogP contribution < -0.4 is 0 Å². The summed E-state index contributed by atoms with van der Waals surface area (Å²) in [5.74, 6) is 0.954. The third kappa shape index (κ3) is 2.62. The first kappa shape index (κ1) is 13.6. The molecule has 0 N–H and O–H groups in total. The van der Waals surface area contributed by atoms with Crippen molar-refractivity contribution in [3.8, 4) is 0 Å². The van der Waals surface area contributed by atoms with E-state index in [1.54, 1.807) is 0 Å². The minimum atomic E-state index is 0.824. The fraction of sp³-hybridized carbons (Fsp3) is 0.800. The molecule has 0 aromatic carbocycles. The van der Waals surface area contributed by atoms with Gasteiger partial charge in [0.25, 0.3) is 0 Å². The number of piperidine rings is 1. The molecule has 19 heavy (non-hydrogen) atoms. The highest BCUT2D eigenvalue weighted by Crippen LogP contribution is 2.36. The van der Waals surface area contributed by atoms with Crippen molar-refractivity contribution in [2.24, 2.45) is 13.0 Å². The number of halogens is 1. The van der Waals surface area contributed by atoms with Crippen LogP contribution in [0.1, 0.15) is 49.9 Å². The summed E-state index contributed by atoms with van der Waals surface area (Å²) >= 11 is 3.71. The van der Waals surface area contributed by atoms with Gasteiger partial charge >= 0.3 is 0 Å². The summed E-state index contributed by atoms with van der Waals surface area (Å²) in [6.07, 6.45) is 8.54. The number of hydrogen-bond acceptors (Lipinski definition) is 2. The topological polar surface area (TPSA) is 21.1 Å². The zero-order valence-electron chi connectivity index (χ0n) is 12.0. The first-order valence-electron chi connectivity index (χ1n) is 7.59. The van der Waals surface area contributed by atoms with Crippen molar-refractivity contribution in [1.82, 2.24) is 14.7 Å². The molecule has 0 amide bonds. The van der Waals surface area contributed by atoms with Gasteiger partial charge in [0.1, 0.15) is 0 Å². The second kappa shape index (κ2) is 5.57. The van der Waals surface area contributed by atoms with E-state index in [4.69, 9.17) is 0 Å². The predicted octanol–water partition coefficient (Wildman–Crippen LogP) is 3.65. The standard InChI is InChI=1S/C15H24BrN3/c1-11-15(16)14(18(2)17-11)10-19-9-5-7-12-6-3-4-8-13(12)19/h12-13H,3-10H2,1-2H3/t12-,13-/m1/s1. The Bertz CT molecular complexity index is 452. The van der Waals surface area contributed by atoms with Gasteiger partial charge < -0.3 is 0 Å². The molecular formula is C15H24BrN3. The molecule has 0 radical (unpaired) electrons.